The van der Waals surface area contributed by atoms with Gasteiger partial charge in [0.15, 0.2) is 0 Å². The van der Waals surface area contributed by atoms with Gasteiger partial charge < -0.3 is 14.8 Å². The zero-order valence-electron chi connectivity index (χ0n) is 14.8. The lowest BCUT2D eigenvalue weighted by atomic mass is 9.75. The maximum Gasteiger partial charge on any atom is 0.322 e. The molecule has 5 heteroatoms. The van der Waals surface area contributed by atoms with E-state index >= 15 is 0 Å². The third kappa shape index (κ3) is 4.93. The van der Waals surface area contributed by atoms with E-state index in [1.807, 2.05) is 0 Å². The van der Waals surface area contributed by atoms with Crippen molar-refractivity contribution >= 4 is 11.9 Å². The molecule has 1 aliphatic carbocycles. The first kappa shape index (κ1) is 18.2. The fraction of sp³-hybridized carbons (Fsp3) is 0.889. The van der Waals surface area contributed by atoms with Crippen LogP contribution in [0.2, 0.25) is 0 Å². The molecule has 5 atom stereocenters. The minimum absolute atomic E-state index is 0.0528. The maximum atomic E-state index is 12.3. The molecule has 1 saturated heterocycles. The van der Waals surface area contributed by atoms with Crippen LogP contribution in [0.3, 0.4) is 0 Å². The van der Waals surface area contributed by atoms with E-state index in [4.69, 9.17) is 9.47 Å². The molecule has 0 aromatic heterocycles. The summed E-state index contributed by atoms with van der Waals surface area (Å²) >= 11 is 0. The van der Waals surface area contributed by atoms with Gasteiger partial charge in [-0.1, -0.05) is 27.2 Å². The molecular formula is C18H31NO4. The Labute approximate surface area is 139 Å². The lowest BCUT2D eigenvalue weighted by molar-refractivity contribution is -0.157. The van der Waals surface area contributed by atoms with Crippen LogP contribution in [0, 0.1) is 23.7 Å². The van der Waals surface area contributed by atoms with Gasteiger partial charge in [-0.05, 0) is 49.5 Å². The Hall–Kier alpha value is -1.10. The van der Waals surface area contributed by atoms with Gasteiger partial charge in [-0.3, -0.25) is 9.59 Å². The molecule has 2 fully saturated rings. The molecule has 0 spiro atoms. The monoisotopic (exact) mass is 325 g/mol. The summed E-state index contributed by atoms with van der Waals surface area (Å²) in [5.74, 6) is 1.43. The summed E-state index contributed by atoms with van der Waals surface area (Å²) in [5, 5.41) is 3.12. The van der Waals surface area contributed by atoms with E-state index in [9.17, 15) is 9.59 Å². The van der Waals surface area contributed by atoms with E-state index in [0.717, 1.165) is 12.8 Å². The fourth-order valence-electron chi connectivity index (χ4n) is 3.99. The highest BCUT2D eigenvalue weighted by Crippen LogP contribution is 2.35. The molecule has 0 unspecified atom stereocenters. The molecule has 2 aliphatic rings. The maximum absolute atomic E-state index is 12.3. The number of methoxy groups -OCH3 is 1. The van der Waals surface area contributed by atoms with Gasteiger partial charge in [0.05, 0.1) is 7.11 Å². The third-order valence-corrected chi connectivity index (χ3v) is 5.41. The molecule has 132 valence electrons. The first-order chi connectivity index (χ1) is 10.9. The number of hydrogen-bond donors (Lipinski definition) is 1. The molecule has 1 saturated carbocycles. The summed E-state index contributed by atoms with van der Waals surface area (Å²) in [7, 11) is 1.39. The Morgan fingerprint density at radius 2 is 1.96 bits per heavy atom. The van der Waals surface area contributed by atoms with Gasteiger partial charge in [-0.15, -0.1) is 0 Å². The second-order valence-corrected chi connectivity index (χ2v) is 7.64. The lowest BCUT2D eigenvalue weighted by Crippen LogP contribution is -2.36. The lowest BCUT2D eigenvalue weighted by Gasteiger charge is -2.36. The number of rotatable bonds is 5. The minimum atomic E-state index is -0.282. The molecule has 0 bridgehead atoms. The van der Waals surface area contributed by atoms with Gasteiger partial charge in [-0.25, -0.2) is 0 Å². The largest absolute Gasteiger partial charge is 0.468 e. The van der Waals surface area contributed by atoms with Crippen LogP contribution in [0.15, 0.2) is 0 Å². The topological polar surface area (TPSA) is 64.6 Å². The Bertz CT molecular complexity index is 423. The molecule has 5 nitrogen and oxygen atoms in total. The van der Waals surface area contributed by atoms with E-state index in [1.54, 1.807) is 0 Å². The van der Waals surface area contributed by atoms with Crippen molar-refractivity contribution in [3.63, 3.8) is 0 Å². The van der Waals surface area contributed by atoms with Crippen molar-refractivity contribution < 1.29 is 19.1 Å². The summed E-state index contributed by atoms with van der Waals surface area (Å²) in [6, 6.07) is -0.282. The second kappa shape index (κ2) is 8.13. The molecule has 0 aromatic rings. The standard InChI is InChI=1S/C18H31NO4/c1-11(2)14-6-5-12(3)7-16(14)23-17(20)9-13-8-15(19-10-13)18(21)22-4/h11-16,19H,5-10H2,1-4H3/t12-,13+,14+,15-,16-/m0/s1. The van der Waals surface area contributed by atoms with Crippen LogP contribution in [0.5, 0.6) is 0 Å². The molecule has 1 N–H and O–H groups in total. The normalized spacial score (nSPS) is 34.4. The van der Waals surface area contributed by atoms with E-state index in [2.05, 4.69) is 26.1 Å². The predicted molar refractivity (Wildman–Crippen MR) is 87.8 cm³/mol. The Kier molecular flexibility index (Phi) is 6.45. The summed E-state index contributed by atoms with van der Waals surface area (Å²) in [6.45, 7) is 7.33. The highest BCUT2D eigenvalue weighted by Gasteiger charge is 2.35. The van der Waals surface area contributed by atoms with Crippen LogP contribution in [0.25, 0.3) is 0 Å². The molecular weight excluding hydrogens is 294 g/mol. The SMILES string of the molecule is COC(=O)[C@@H]1C[C@H](CC(=O)O[C@H]2C[C@@H](C)CC[C@@H]2C(C)C)CN1. The average molecular weight is 325 g/mol. The molecule has 2 rings (SSSR count). The quantitative estimate of drug-likeness (QED) is 0.787. The van der Waals surface area contributed by atoms with E-state index in [0.29, 0.717) is 37.1 Å². The summed E-state index contributed by atoms with van der Waals surface area (Å²) < 4.78 is 10.6. The summed E-state index contributed by atoms with van der Waals surface area (Å²) in [5.41, 5.74) is 0. The molecule has 0 aromatic carbocycles. The van der Waals surface area contributed by atoms with Gasteiger partial charge in [-0.2, -0.15) is 0 Å². The molecule has 0 radical (unpaired) electrons. The zero-order valence-corrected chi connectivity index (χ0v) is 14.8. The highest BCUT2D eigenvalue weighted by molar-refractivity contribution is 5.76. The second-order valence-electron chi connectivity index (χ2n) is 7.64. The van der Waals surface area contributed by atoms with Gasteiger partial charge >= 0.3 is 11.9 Å². The smallest absolute Gasteiger partial charge is 0.322 e. The van der Waals surface area contributed by atoms with Crippen molar-refractivity contribution in [1.82, 2.24) is 5.32 Å². The first-order valence-corrected chi connectivity index (χ1v) is 8.91. The Morgan fingerprint density at radius 1 is 1.22 bits per heavy atom. The molecule has 23 heavy (non-hydrogen) atoms. The van der Waals surface area contributed by atoms with Gasteiger partial charge in [0.25, 0.3) is 0 Å². The van der Waals surface area contributed by atoms with Gasteiger partial charge in [0, 0.05) is 6.42 Å². The molecule has 0 amide bonds. The number of hydrogen-bond acceptors (Lipinski definition) is 5. The van der Waals surface area contributed by atoms with Crippen LogP contribution in [-0.4, -0.2) is 37.7 Å². The zero-order chi connectivity index (χ0) is 17.0. The summed E-state index contributed by atoms with van der Waals surface area (Å²) in [4.78, 5) is 23.8. The Morgan fingerprint density at radius 3 is 2.61 bits per heavy atom. The first-order valence-electron chi connectivity index (χ1n) is 8.91. The Balaban J connectivity index is 1.83. The third-order valence-electron chi connectivity index (χ3n) is 5.41. The van der Waals surface area contributed by atoms with Gasteiger partial charge in [0.1, 0.15) is 12.1 Å². The van der Waals surface area contributed by atoms with Crippen LogP contribution in [-0.2, 0) is 19.1 Å². The van der Waals surface area contributed by atoms with Crippen LogP contribution < -0.4 is 5.32 Å². The van der Waals surface area contributed by atoms with Crippen molar-refractivity contribution in [2.45, 2.75) is 65.0 Å². The minimum Gasteiger partial charge on any atom is -0.468 e. The van der Waals surface area contributed by atoms with Crippen molar-refractivity contribution in [2.24, 2.45) is 23.7 Å². The average Bonchev–Trinajstić information content (AvgIpc) is 2.94. The van der Waals surface area contributed by atoms with E-state index in [-0.39, 0.29) is 30.0 Å². The fourth-order valence-corrected chi connectivity index (χ4v) is 3.99. The van der Waals surface area contributed by atoms with Crippen LogP contribution in [0.1, 0.15) is 52.9 Å². The summed E-state index contributed by atoms with van der Waals surface area (Å²) in [6.07, 6.45) is 4.43. The van der Waals surface area contributed by atoms with Crippen LogP contribution >= 0.6 is 0 Å². The van der Waals surface area contributed by atoms with Crippen molar-refractivity contribution in [1.29, 1.82) is 0 Å². The molecule has 1 aliphatic heterocycles. The number of carbonyl (C=O) groups excluding carboxylic acids is 2. The van der Waals surface area contributed by atoms with Crippen LogP contribution in [0.4, 0.5) is 0 Å². The molecule has 1 heterocycles. The van der Waals surface area contributed by atoms with E-state index in [1.165, 1.54) is 13.5 Å². The number of esters is 2. The van der Waals surface area contributed by atoms with E-state index < -0.39 is 0 Å². The number of nitrogens with one attached hydrogen (secondary N) is 1. The predicted octanol–water partition coefficient (Wildman–Crippen LogP) is 2.53. The highest BCUT2D eigenvalue weighted by atomic mass is 16.5. The van der Waals surface area contributed by atoms with Gasteiger partial charge in [0.2, 0.25) is 0 Å². The van der Waals surface area contributed by atoms with Crippen molar-refractivity contribution in [3.8, 4) is 0 Å². The van der Waals surface area contributed by atoms with Crippen molar-refractivity contribution in [2.75, 3.05) is 13.7 Å². The van der Waals surface area contributed by atoms with Crippen molar-refractivity contribution in [3.05, 3.63) is 0 Å². The number of carbonyl (C=O) groups is 2. The number of ether oxygens (including phenoxy) is 2.